The minimum atomic E-state index is -0.220. The van der Waals surface area contributed by atoms with Crippen LogP contribution in [0.4, 0.5) is 17.2 Å². The number of Topliss-reactive ketones (excluding diaryl/α,β-unsaturated/α-hetero) is 1. The molecule has 8 heteroatoms. The third-order valence-corrected chi connectivity index (χ3v) is 5.09. The summed E-state index contributed by atoms with van der Waals surface area (Å²) < 4.78 is 0. The Morgan fingerprint density at radius 1 is 1.16 bits per heavy atom. The number of para-hydroxylation sites is 1. The number of aromatic amines is 1. The number of carbonyl (C=O) groups excluding carboxylic acids is 3. The van der Waals surface area contributed by atoms with E-state index in [9.17, 15) is 14.4 Å². The lowest BCUT2D eigenvalue weighted by molar-refractivity contribution is -0.131. The van der Waals surface area contributed by atoms with Crippen molar-refractivity contribution in [3.8, 4) is 11.3 Å². The Hall–Kier alpha value is -3.94. The van der Waals surface area contributed by atoms with Gasteiger partial charge in [-0.2, -0.15) is 0 Å². The molecule has 0 atom stereocenters. The highest BCUT2D eigenvalue weighted by Gasteiger charge is 2.32. The normalized spacial score (nSPS) is 13.0. The predicted molar refractivity (Wildman–Crippen MR) is 118 cm³/mol. The van der Waals surface area contributed by atoms with Gasteiger partial charge in [-0.15, -0.1) is 0 Å². The number of hydrogen-bond donors (Lipinski definition) is 3. The van der Waals surface area contributed by atoms with E-state index in [1.54, 1.807) is 30.2 Å². The number of anilines is 3. The number of hydrogen-bond acceptors (Lipinski definition) is 5. The number of fused-ring (bicyclic) bond motifs is 1. The van der Waals surface area contributed by atoms with E-state index < -0.39 is 0 Å². The maximum atomic E-state index is 13.1. The SMILES string of the molecule is CCC(=O)N1CC(=O)c2c([nH]c(-c3ccnc(NC(C)=O)c3)c2Nc2ccccc2)C1. The zero-order valence-electron chi connectivity index (χ0n) is 17.4. The first-order chi connectivity index (χ1) is 15.0. The molecule has 2 aromatic heterocycles. The van der Waals surface area contributed by atoms with E-state index in [0.717, 1.165) is 11.3 Å². The molecule has 0 fully saturated rings. The van der Waals surface area contributed by atoms with Gasteiger partial charge < -0.3 is 20.5 Å². The molecule has 1 aromatic carbocycles. The van der Waals surface area contributed by atoms with Gasteiger partial charge in [0.1, 0.15) is 5.82 Å². The Kier molecular flexibility index (Phi) is 5.53. The van der Waals surface area contributed by atoms with Gasteiger partial charge in [-0.05, 0) is 24.3 Å². The molecular formula is C23H23N5O3. The maximum Gasteiger partial charge on any atom is 0.223 e. The molecule has 0 saturated heterocycles. The molecule has 31 heavy (non-hydrogen) atoms. The number of pyridine rings is 1. The molecule has 3 heterocycles. The van der Waals surface area contributed by atoms with Crippen molar-refractivity contribution < 1.29 is 14.4 Å². The summed E-state index contributed by atoms with van der Waals surface area (Å²) in [7, 11) is 0. The first-order valence-electron chi connectivity index (χ1n) is 10.1. The van der Waals surface area contributed by atoms with Crippen LogP contribution in [-0.2, 0) is 16.1 Å². The van der Waals surface area contributed by atoms with Crippen molar-refractivity contribution in [1.29, 1.82) is 0 Å². The molecule has 0 aliphatic carbocycles. The number of amides is 2. The smallest absolute Gasteiger partial charge is 0.223 e. The summed E-state index contributed by atoms with van der Waals surface area (Å²) >= 11 is 0. The number of nitrogens with zero attached hydrogens (tertiary/aromatic N) is 2. The van der Waals surface area contributed by atoms with Gasteiger partial charge in [0.2, 0.25) is 11.8 Å². The van der Waals surface area contributed by atoms with E-state index >= 15 is 0 Å². The van der Waals surface area contributed by atoms with Crippen LogP contribution < -0.4 is 10.6 Å². The minimum Gasteiger partial charge on any atom is -0.355 e. The van der Waals surface area contributed by atoms with E-state index in [0.29, 0.717) is 41.4 Å². The number of carbonyl (C=O) groups is 3. The lowest BCUT2D eigenvalue weighted by Gasteiger charge is -2.26. The van der Waals surface area contributed by atoms with Crippen molar-refractivity contribution in [2.24, 2.45) is 0 Å². The Morgan fingerprint density at radius 2 is 1.94 bits per heavy atom. The van der Waals surface area contributed by atoms with Gasteiger partial charge in [0.05, 0.1) is 30.0 Å². The van der Waals surface area contributed by atoms with E-state index in [-0.39, 0.29) is 24.1 Å². The molecule has 3 N–H and O–H groups in total. The molecule has 0 spiro atoms. The van der Waals surface area contributed by atoms with Gasteiger partial charge in [0.15, 0.2) is 5.78 Å². The zero-order chi connectivity index (χ0) is 22.0. The lowest BCUT2D eigenvalue weighted by atomic mass is 10.0. The van der Waals surface area contributed by atoms with Crippen LogP contribution in [0.3, 0.4) is 0 Å². The summed E-state index contributed by atoms with van der Waals surface area (Å²) in [5.74, 6) is 0.00371. The topological polar surface area (TPSA) is 107 Å². The largest absolute Gasteiger partial charge is 0.355 e. The molecule has 8 nitrogen and oxygen atoms in total. The number of H-pyrrole nitrogens is 1. The molecule has 158 valence electrons. The number of benzene rings is 1. The predicted octanol–water partition coefficient (Wildman–Crippen LogP) is 3.71. The quantitative estimate of drug-likeness (QED) is 0.587. The standard InChI is InChI=1S/C23H23N5O3/c1-3-20(31)28-12-17-21(18(30)13-28)23(26-16-7-5-4-6-8-16)22(27-17)15-9-10-24-19(11-15)25-14(2)29/h4-11,26-27H,3,12-13H2,1-2H3,(H,24,25,29). The van der Waals surface area contributed by atoms with Crippen LogP contribution in [0.1, 0.15) is 36.3 Å². The van der Waals surface area contributed by atoms with E-state index in [1.807, 2.05) is 30.3 Å². The van der Waals surface area contributed by atoms with Crippen LogP contribution in [0.25, 0.3) is 11.3 Å². The van der Waals surface area contributed by atoms with Crippen molar-refractivity contribution in [3.05, 3.63) is 59.9 Å². The minimum absolute atomic E-state index is 0.0495. The number of ketones is 1. The maximum absolute atomic E-state index is 13.1. The van der Waals surface area contributed by atoms with Gasteiger partial charge in [0, 0.05) is 36.5 Å². The Bertz CT molecular complexity index is 1150. The van der Waals surface area contributed by atoms with Crippen LogP contribution >= 0.6 is 0 Å². The summed E-state index contributed by atoms with van der Waals surface area (Å²) in [6.45, 7) is 3.59. The molecule has 3 aromatic rings. The van der Waals surface area contributed by atoms with Crippen LogP contribution in [0.5, 0.6) is 0 Å². The fraction of sp³-hybridized carbons (Fsp3) is 0.217. The molecule has 0 bridgehead atoms. The second-order valence-electron chi connectivity index (χ2n) is 7.36. The highest BCUT2D eigenvalue weighted by atomic mass is 16.2. The molecule has 0 radical (unpaired) electrons. The molecule has 0 unspecified atom stereocenters. The van der Waals surface area contributed by atoms with Crippen LogP contribution in [0, 0.1) is 0 Å². The first-order valence-corrected chi connectivity index (χ1v) is 10.1. The number of aromatic nitrogens is 2. The van der Waals surface area contributed by atoms with Gasteiger partial charge in [-0.1, -0.05) is 25.1 Å². The van der Waals surface area contributed by atoms with Gasteiger partial charge in [0.25, 0.3) is 0 Å². The Morgan fingerprint density at radius 3 is 2.65 bits per heavy atom. The average Bonchev–Trinajstić information content (AvgIpc) is 3.12. The lowest BCUT2D eigenvalue weighted by Crippen LogP contribution is -2.39. The van der Waals surface area contributed by atoms with E-state index in [2.05, 4.69) is 20.6 Å². The second kappa shape index (κ2) is 8.43. The summed E-state index contributed by atoms with van der Waals surface area (Å²) in [5, 5.41) is 6.04. The zero-order valence-corrected chi connectivity index (χ0v) is 17.4. The fourth-order valence-corrected chi connectivity index (χ4v) is 3.72. The second-order valence-corrected chi connectivity index (χ2v) is 7.36. The van der Waals surface area contributed by atoms with Crippen molar-refractivity contribution in [3.63, 3.8) is 0 Å². The number of rotatable bonds is 5. The summed E-state index contributed by atoms with van der Waals surface area (Å²) in [6, 6.07) is 13.1. The van der Waals surface area contributed by atoms with Crippen LogP contribution in [0.2, 0.25) is 0 Å². The molecule has 0 saturated carbocycles. The summed E-state index contributed by atoms with van der Waals surface area (Å²) in [6.07, 6.45) is 1.94. The molecule has 2 amide bonds. The van der Waals surface area contributed by atoms with Gasteiger partial charge >= 0.3 is 0 Å². The van der Waals surface area contributed by atoms with Crippen molar-refractivity contribution in [2.45, 2.75) is 26.8 Å². The average molecular weight is 417 g/mol. The van der Waals surface area contributed by atoms with Gasteiger partial charge in [-0.25, -0.2) is 4.98 Å². The Balaban J connectivity index is 1.82. The van der Waals surface area contributed by atoms with Gasteiger partial charge in [-0.3, -0.25) is 14.4 Å². The van der Waals surface area contributed by atoms with Crippen LogP contribution in [0.15, 0.2) is 48.7 Å². The van der Waals surface area contributed by atoms with E-state index in [4.69, 9.17) is 0 Å². The monoisotopic (exact) mass is 417 g/mol. The Labute approximate surface area is 179 Å². The molecular weight excluding hydrogens is 394 g/mol. The van der Waals surface area contributed by atoms with Crippen molar-refractivity contribution in [1.82, 2.24) is 14.9 Å². The molecule has 1 aliphatic heterocycles. The van der Waals surface area contributed by atoms with Crippen LogP contribution in [-0.4, -0.2) is 39.0 Å². The molecule has 1 aliphatic rings. The highest BCUT2D eigenvalue weighted by molar-refractivity contribution is 6.09. The first kappa shape index (κ1) is 20.3. The third-order valence-electron chi connectivity index (χ3n) is 5.09. The summed E-state index contributed by atoms with van der Waals surface area (Å²) in [4.78, 5) is 45.8. The number of nitrogens with one attached hydrogen (secondary N) is 3. The van der Waals surface area contributed by atoms with E-state index in [1.165, 1.54) is 6.92 Å². The summed E-state index contributed by atoms with van der Waals surface area (Å²) in [5.41, 5.74) is 4.17. The fourth-order valence-electron chi connectivity index (χ4n) is 3.72. The molecule has 4 rings (SSSR count). The van der Waals surface area contributed by atoms with Crippen molar-refractivity contribution in [2.75, 3.05) is 17.2 Å². The third kappa shape index (κ3) is 4.18. The highest BCUT2D eigenvalue weighted by Crippen LogP contribution is 2.38. The van der Waals surface area contributed by atoms with Crippen molar-refractivity contribution >= 4 is 34.8 Å².